The van der Waals surface area contributed by atoms with E-state index >= 15 is 0 Å². The first kappa shape index (κ1) is 11.9. The molecule has 0 fully saturated rings. The molecule has 0 saturated carbocycles. The summed E-state index contributed by atoms with van der Waals surface area (Å²) in [6, 6.07) is 10.7. The van der Waals surface area contributed by atoms with Crippen molar-refractivity contribution in [2.75, 3.05) is 0 Å². The average molecular weight is 229 g/mol. The molecule has 0 spiro atoms. The Morgan fingerprint density at radius 2 is 1.88 bits per heavy atom. The van der Waals surface area contributed by atoms with E-state index in [1.165, 1.54) is 17.8 Å². The van der Waals surface area contributed by atoms with Gasteiger partial charge in [0.25, 0.3) is 5.82 Å². The molecule has 0 radical (unpaired) electrons. The van der Waals surface area contributed by atoms with Crippen LogP contribution in [0.3, 0.4) is 0 Å². The van der Waals surface area contributed by atoms with E-state index in [1.54, 1.807) is 0 Å². The molecule has 0 N–H and O–H groups in total. The van der Waals surface area contributed by atoms with Crippen LogP contribution in [0.15, 0.2) is 42.7 Å². The normalized spacial score (nSPS) is 10.7. The fourth-order valence-electron chi connectivity index (χ4n) is 2.21. The van der Waals surface area contributed by atoms with E-state index < -0.39 is 0 Å². The molecule has 1 heterocycles. The Hall–Kier alpha value is -1.57. The Balaban J connectivity index is 2.26. The zero-order valence-corrected chi connectivity index (χ0v) is 10.8. The van der Waals surface area contributed by atoms with Crippen LogP contribution in [0.1, 0.15) is 31.7 Å². The van der Waals surface area contributed by atoms with Gasteiger partial charge in [0.2, 0.25) is 0 Å². The van der Waals surface area contributed by atoms with E-state index in [1.807, 2.05) is 0 Å². The summed E-state index contributed by atoms with van der Waals surface area (Å²) in [5.41, 5.74) is 1.38. The van der Waals surface area contributed by atoms with Crippen molar-refractivity contribution in [3.05, 3.63) is 54.1 Å². The van der Waals surface area contributed by atoms with Crippen LogP contribution in [-0.2, 0) is 19.5 Å². The van der Waals surface area contributed by atoms with Crippen LogP contribution < -0.4 is 4.57 Å². The minimum Gasteiger partial charge on any atom is -0.234 e. The fourth-order valence-corrected chi connectivity index (χ4v) is 2.21. The molecule has 2 aromatic rings. The molecule has 90 valence electrons. The molecule has 2 rings (SSSR count). The number of rotatable bonds is 5. The second kappa shape index (κ2) is 5.67. The van der Waals surface area contributed by atoms with Crippen LogP contribution in [0, 0.1) is 0 Å². The molecular formula is C15H21N2+. The first-order valence-corrected chi connectivity index (χ1v) is 6.46. The highest BCUT2D eigenvalue weighted by Crippen LogP contribution is 2.07. The van der Waals surface area contributed by atoms with Crippen LogP contribution in [-0.4, -0.2) is 4.57 Å². The van der Waals surface area contributed by atoms with Crippen molar-refractivity contribution in [1.29, 1.82) is 0 Å². The van der Waals surface area contributed by atoms with Gasteiger partial charge in [-0.1, -0.05) is 37.3 Å². The smallest absolute Gasteiger partial charge is 0.234 e. The summed E-state index contributed by atoms with van der Waals surface area (Å²) < 4.78 is 4.71. The minimum absolute atomic E-state index is 1.02. The molecule has 0 unspecified atom stereocenters. The average Bonchev–Trinajstić information content (AvgIpc) is 2.74. The number of hydrogen-bond acceptors (Lipinski definition) is 0. The van der Waals surface area contributed by atoms with Crippen molar-refractivity contribution < 1.29 is 4.57 Å². The summed E-state index contributed by atoms with van der Waals surface area (Å²) >= 11 is 0. The van der Waals surface area contributed by atoms with E-state index in [-0.39, 0.29) is 0 Å². The number of aromatic nitrogens is 2. The number of imidazole rings is 1. The first-order chi connectivity index (χ1) is 8.35. The summed E-state index contributed by atoms with van der Waals surface area (Å²) in [7, 11) is 0. The third kappa shape index (κ3) is 2.76. The van der Waals surface area contributed by atoms with Crippen LogP contribution in [0.4, 0.5) is 0 Å². The summed E-state index contributed by atoms with van der Waals surface area (Å²) in [6.07, 6.45) is 6.58. The lowest BCUT2D eigenvalue weighted by Gasteiger charge is -2.03. The van der Waals surface area contributed by atoms with Crippen molar-refractivity contribution in [3.63, 3.8) is 0 Å². The molecule has 2 heteroatoms. The Kier molecular flexibility index (Phi) is 3.97. The lowest BCUT2D eigenvalue weighted by molar-refractivity contribution is -0.703. The Morgan fingerprint density at radius 3 is 2.53 bits per heavy atom. The molecule has 0 atom stereocenters. The molecule has 1 aromatic carbocycles. The molecule has 17 heavy (non-hydrogen) atoms. The van der Waals surface area contributed by atoms with Crippen LogP contribution in [0.2, 0.25) is 0 Å². The van der Waals surface area contributed by atoms with Gasteiger partial charge in [-0.25, -0.2) is 9.13 Å². The number of nitrogens with zero attached hydrogens (tertiary/aromatic N) is 2. The standard InChI is InChI=1S/C15H21N2/c1-3-10-17-12-11-16(4-2)15(17)13-14-8-6-5-7-9-14/h5-9,11-12H,3-4,10,13H2,1-2H3/q+1. The summed E-state index contributed by atoms with van der Waals surface area (Å²) in [6.45, 7) is 6.57. The molecular weight excluding hydrogens is 208 g/mol. The molecule has 0 aliphatic heterocycles. The second-order valence-corrected chi connectivity index (χ2v) is 4.36. The first-order valence-electron chi connectivity index (χ1n) is 6.46. The number of aryl methyl sites for hydroxylation is 2. The van der Waals surface area contributed by atoms with Gasteiger partial charge < -0.3 is 0 Å². The predicted octanol–water partition coefficient (Wildman–Crippen LogP) is 2.80. The van der Waals surface area contributed by atoms with Gasteiger partial charge in [-0.05, 0) is 18.9 Å². The van der Waals surface area contributed by atoms with Crippen molar-refractivity contribution in [3.8, 4) is 0 Å². The predicted molar refractivity (Wildman–Crippen MR) is 69.8 cm³/mol. The third-order valence-electron chi connectivity index (χ3n) is 3.10. The van der Waals surface area contributed by atoms with Crippen molar-refractivity contribution in [1.82, 2.24) is 4.57 Å². The Bertz CT molecular complexity index is 457. The maximum Gasteiger partial charge on any atom is 0.260 e. The SMILES string of the molecule is CCC[n+]1ccn(CC)c1Cc1ccccc1. The van der Waals surface area contributed by atoms with Crippen molar-refractivity contribution in [2.45, 2.75) is 39.8 Å². The molecule has 2 nitrogen and oxygen atoms in total. The van der Waals surface area contributed by atoms with Gasteiger partial charge in [-0.2, -0.15) is 0 Å². The van der Waals surface area contributed by atoms with Crippen LogP contribution >= 0.6 is 0 Å². The van der Waals surface area contributed by atoms with Gasteiger partial charge in [0.1, 0.15) is 12.4 Å². The zero-order chi connectivity index (χ0) is 12.1. The molecule has 1 aromatic heterocycles. The van der Waals surface area contributed by atoms with Crippen molar-refractivity contribution >= 4 is 0 Å². The second-order valence-electron chi connectivity index (χ2n) is 4.36. The molecule has 0 aliphatic rings. The lowest BCUT2D eigenvalue weighted by Crippen LogP contribution is -2.37. The highest BCUT2D eigenvalue weighted by molar-refractivity contribution is 5.18. The molecule has 0 amide bonds. The zero-order valence-electron chi connectivity index (χ0n) is 10.8. The fraction of sp³-hybridized carbons (Fsp3) is 0.400. The maximum absolute atomic E-state index is 2.37. The van der Waals surface area contributed by atoms with Gasteiger partial charge in [0.05, 0.1) is 19.5 Å². The highest BCUT2D eigenvalue weighted by Gasteiger charge is 2.15. The quantitative estimate of drug-likeness (QED) is 0.697. The molecule has 0 bridgehead atoms. The van der Waals surface area contributed by atoms with Gasteiger partial charge in [0, 0.05) is 0 Å². The third-order valence-corrected chi connectivity index (χ3v) is 3.10. The van der Waals surface area contributed by atoms with E-state index in [0.29, 0.717) is 0 Å². The molecule has 0 saturated heterocycles. The van der Waals surface area contributed by atoms with Gasteiger partial charge in [-0.15, -0.1) is 0 Å². The van der Waals surface area contributed by atoms with Crippen molar-refractivity contribution in [2.24, 2.45) is 0 Å². The topological polar surface area (TPSA) is 8.81 Å². The molecule has 0 aliphatic carbocycles. The van der Waals surface area contributed by atoms with E-state index in [2.05, 4.69) is 65.7 Å². The largest absolute Gasteiger partial charge is 0.260 e. The van der Waals surface area contributed by atoms with E-state index in [4.69, 9.17) is 0 Å². The van der Waals surface area contributed by atoms with Crippen LogP contribution in [0.5, 0.6) is 0 Å². The summed E-state index contributed by atoms with van der Waals surface area (Å²) in [5, 5.41) is 0. The van der Waals surface area contributed by atoms with E-state index in [9.17, 15) is 0 Å². The minimum atomic E-state index is 1.02. The Morgan fingerprint density at radius 1 is 1.12 bits per heavy atom. The summed E-state index contributed by atoms with van der Waals surface area (Å²) in [4.78, 5) is 0. The van der Waals surface area contributed by atoms with E-state index in [0.717, 1.165) is 19.5 Å². The maximum atomic E-state index is 2.37. The monoisotopic (exact) mass is 229 g/mol. The van der Waals surface area contributed by atoms with Gasteiger partial charge in [-0.3, -0.25) is 0 Å². The Labute approximate surface area is 104 Å². The number of hydrogen-bond donors (Lipinski definition) is 0. The van der Waals surface area contributed by atoms with Gasteiger partial charge in [0.15, 0.2) is 0 Å². The highest BCUT2D eigenvalue weighted by atomic mass is 15.1. The number of benzene rings is 1. The summed E-state index contributed by atoms with van der Waals surface area (Å²) in [5.74, 6) is 1.40. The van der Waals surface area contributed by atoms with Crippen LogP contribution in [0.25, 0.3) is 0 Å². The van der Waals surface area contributed by atoms with Gasteiger partial charge >= 0.3 is 0 Å². The lowest BCUT2D eigenvalue weighted by atomic mass is 10.1.